The minimum absolute atomic E-state index is 0.200. The zero-order valence-corrected chi connectivity index (χ0v) is 16.2. The van der Waals surface area contributed by atoms with Crippen molar-refractivity contribution in [2.24, 2.45) is 0 Å². The summed E-state index contributed by atoms with van der Waals surface area (Å²) in [5, 5.41) is 13.6. The molecule has 0 saturated heterocycles. The number of hydrogen-bond donors (Lipinski definition) is 3. The molecule has 0 saturated carbocycles. The quantitative estimate of drug-likeness (QED) is 0.363. The van der Waals surface area contributed by atoms with Crippen molar-refractivity contribution >= 4 is 0 Å². The molecule has 0 aliphatic heterocycles. The van der Waals surface area contributed by atoms with Crippen molar-refractivity contribution in [3.05, 3.63) is 89.5 Å². The van der Waals surface area contributed by atoms with Gasteiger partial charge in [0, 0.05) is 5.41 Å². The molecule has 3 N–H and O–H groups in total. The van der Waals surface area contributed by atoms with Crippen LogP contribution in [0.2, 0.25) is 0 Å². The van der Waals surface area contributed by atoms with E-state index in [0.717, 1.165) is 32.1 Å². The number of phenols is 3. The van der Waals surface area contributed by atoms with E-state index in [-0.39, 0.29) is 5.41 Å². The summed E-state index contributed by atoms with van der Waals surface area (Å²) in [6.45, 7) is 2.24. The van der Waals surface area contributed by atoms with Crippen molar-refractivity contribution in [2.45, 2.75) is 44.4 Å². The van der Waals surface area contributed by atoms with E-state index >= 15 is 0 Å². The number of phenolic OH excluding ortho intramolecular Hbond substituents is 3. The molecule has 3 rings (SSSR count). The van der Waals surface area contributed by atoms with Gasteiger partial charge in [0.05, 0.1) is 0 Å². The van der Waals surface area contributed by atoms with E-state index in [2.05, 4.69) is 22.3 Å². The van der Waals surface area contributed by atoms with Crippen molar-refractivity contribution in [3.8, 4) is 17.2 Å². The second kappa shape index (κ2) is 8.83. The predicted octanol–water partition coefficient (Wildman–Crippen LogP) is 5.91. The third-order valence-corrected chi connectivity index (χ3v) is 5.55. The fourth-order valence-corrected chi connectivity index (χ4v) is 3.74. The largest absolute Gasteiger partial charge is 0.508 e. The zero-order chi connectivity index (χ0) is 22.1. The molecule has 0 radical (unpaired) electrons. The Morgan fingerprint density at radius 2 is 1.11 bits per heavy atom. The fourth-order valence-electron chi connectivity index (χ4n) is 3.74. The lowest BCUT2D eigenvalue weighted by atomic mass is 9.72. The van der Waals surface area contributed by atoms with Gasteiger partial charge in [-0.25, -0.2) is 0 Å². The van der Waals surface area contributed by atoms with Crippen LogP contribution in [0.5, 0.6) is 17.2 Å². The minimum Gasteiger partial charge on any atom is -0.508 e. The van der Waals surface area contributed by atoms with Gasteiger partial charge in [0.2, 0.25) is 0 Å². The van der Waals surface area contributed by atoms with Crippen molar-refractivity contribution in [3.63, 3.8) is 0 Å². The summed E-state index contributed by atoms with van der Waals surface area (Å²) in [5.74, 6) is 1.60. The third-order valence-electron chi connectivity index (χ3n) is 5.55. The highest BCUT2D eigenvalue weighted by Crippen LogP contribution is 2.38. The van der Waals surface area contributed by atoms with Crippen LogP contribution in [0.15, 0.2) is 72.8 Å². The van der Waals surface area contributed by atoms with Crippen molar-refractivity contribution in [1.82, 2.24) is 0 Å². The molecule has 0 aliphatic rings. The van der Waals surface area contributed by atoms with Gasteiger partial charge in [0.15, 0.2) is 0 Å². The summed E-state index contributed by atoms with van der Waals surface area (Å²) < 4.78 is 21.1. The summed E-state index contributed by atoms with van der Waals surface area (Å²) in [6, 6.07) is 23.1. The van der Waals surface area contributed by atoms with E-state index in [0.29, 0.717) is 17.2 Å². The maximum Gasteiger partial charge on any atom is 0.293 e. The summed E-state index contributed by atoms with van der Waals surface area (Å²) in [4.78, 5) is 0. The summed E-state index contributed by atoms with van der Waals surface area (Å²) in [5.41, 5.74) is 3.38. The van der Waals surface area contributed by atoms with E-state index in [9.17, 15) is 0 Å². The topological polar surface area (TPSA) is 60.7 Å². The molecular formula is C25H28O3. The lowest BCUT2D eigenvalue weighted by Crippen LogP contribution is -2.23. The first-order chi connectivity index (χ1) is 15.1. The smallest absolute Gasteiger partial charge is 0.293 e. The first kappa shape index (κ1) is 16.1. The van der Waals surface area contributed by atoms with Crippen molar-refractivity contribution in [2.75, 3.05) is 0 Å². The molecule has 3 heteroatoms. The van der Waals surface area contributed by atoms with Crippen LogP contribution in [-0.2, 0) is 11.8 Å². The van der Waals surface area contributed by atoms with Crippen molar-refractivity contribution < 1.29 is 15.3 Å². The Labute approximate surface area is 171 Å². The van der Waals surface area contributed by atoms with Gasteiger partial charge in [0.25, 0.3) is 4.29 Å². The van der Waals surface area contributed by atoms with Crippen molar-refractivity contribution in [1.29, 1.82) is 4.29 Å². The molecule has 0 amide bonds. The van der Waals surface area contributed by atoms with Gasteiger partial charge >= 0.3 is 0 Å². The standard InChI is InChI=1S/C25H28O3/c1-25(20-8-14-23(27)15-9-20,21-10-16-24(28)17-11-21)18-4-2-3-5-19-6-12-22(26)13-7-19/h6-17,26-28H,2-5,18H2,1H3/i/hD3. The zero-order valence-electron chi connectivity index (χ0n) is 19.2. The van der Waals surface area contributed by atoms with Crippen LogP contribution < -0.4 is 0 Å². The number of unbranched alkanes of at least 4 members (excludes halogenated alkanes) is 2. The highest BCUT2D eigenvalue weighted by atomic mass is 16.3. The van der Waals surface area contributed by atoms with Crippen LogP contribution in [0.4, 0.5) is 0 Å². The highest BCUT2D eigenvalue weighted by molar-refractivity contribution is 5.42. The monoisotopic (exact) mass is 379 g/mol. The average molecular weight is 380 g/mol. The molecular weight excluding hydrogens is 348 g/mol. The Kier molecular flexibility index (Phi) is 5.06. The van der Waals surface area contributed by atoms with Crippen LogP contribution in [-0.4, -0.2) is 19.6 Å². The molecule has 3 aromatic rings. The van der Waals surface area contributed by atoms with Gasteiger partial charge in [-0.05, 0) is 72.4 Å². The number of hydrogen-bond acceptors (Lipinski definition) is 3. The number of aromatic hydroxyl groups is 3. The lowest BCUT2D eigenvalue weighted by molar-refractivity contribution is 0.463. The first-order valence-corrected chi connectivity index (χ1v) is 9.78. The molecule has 0 aromatic heterocycles. The number of rotatable bonds is 11. The second-order valence-electron chi connectivity index (χ2n) is 7.59. The Morgan fingerprint density at radius 1 is 0.643 bits per heavy atom. The van der Waals surface area contributed by atoms with Gasteiger partial charge in [-0.2, -0.15) is 0 Å². The number of benzene rings is 3. The van der Waals surface area contributed by atoms with E-state index in [1.54, 1.807) is 0 Å². The molecule has 0 bridgehead atoms. The third kappa shape index (κ3) is 4.86. The van der Waals surface area contributed by atoms with Crippen LogP contribution in [0, 0.1) is 0 Å². The molecule has 0 aliphatic carbocycles. The molecule has 0 heterocycles. The molecule has 3 aromatic carbocycles. The SMILES string of the molecule is [2H]Oc1ccc(CCCCCC(C)(c2ccc(O[2H])cc2)c2ccc(O[2H])cc2)cc1. The normalized spacial score (nSPS) is 12.5. The van der Waals surface area contributed by atoms with Gasteiger partial charge in [-0.15, -0.1) is 0 Å². The Bertz CT molecular complexity index is 878. The van der Waals surface area contributed by atoms with Gasteiger partial charge in [0.1, 0.15) is 17.2 Å². The second-order valence-corrected chi connectivity index (χ2v) is 7.59. The average Bonchev–Trinajstić information content (AvgIpc) is 2.84. The Balaban J connectivity index is 1.67. The maximum atomic E-state index is 7.08. The summed E-state index contributed by atoms with van der Waals surface area (Å²) >= 11 is 0. The molecule has 146 valence electrons. The fraction of sp³-hybridized carbons (Fsp3) is 0.280. The van der Waals surface area contributed by atoms with Gasteiger partial charge in [-0.1, -0.05) is 56.2 Å². The Hall–Kier alpha value is -2.94. The molecule has 0 spiro atoms. The van der Waals surface area contributed by atoms with Gasteiger partial charge < -0.3 is 15.3 Å². The molecule has 28 heavy (non-hydrogen) atoms. The Morgan fingerprint density at radius 3 is 1.57 bits per heavy atom. The van der Waals surface area contributed by atoms with Crippen LogP contribution in [0.3, 0.4) is 0 Å². The summed E-state index contributed by atoms with van der Waals surface area (Å²) in [6.07, 6.45) is 5.24. The van der Waals surface area contributed by atoms with Crippen LogP contribution in [0.25, 0.3) is 0 Å². The lowest BCUT2D eigenvalue weighted by Gasteiger charge is -2.31. The van der Waals surface area contributed by atoms with E-state index in [4.69, 9.17) is 4.29 Å². The predicted molar refractivity (Wildman–Crippen MR) is 113 cm³/mol. The van der Waals surface area contributed by atoms with E-state index in [1.165, 1.54) is 16.7 Å². The maximum absolute atomic E-state index is 7.08. The number of aryl methyl sites for hydroxylation is 1. The van der Waals surface area contributed by atoms with Gasteiger partial charge in [-0.3, -0.25) is 0 Å². The molecule has 0 fully saturated rings. The first-order valence-electron chi connectivity index (χ1n) is 11.0. The molecule has 0 atom stereocenters. The van der Waals surface area contributed by atoms with Crippen LogP contribution in [0.1, 0.15) is 49.3 Å². The molecule has 3 nitrogen and oxygen atoms in total. The minimum atomic E-state index is -0.200. The molecule has 0 unspecified atom stereocenters. The van der Waals surface area contributed by atoms with E-state index < -0.39 is 0 Å². The van der Waals surface area contributed by atoms with E-state index in [1.807, 2.05) is 72.8 Å². The summed E-state index contributed by atoms with van der Waals surface area (Å²) in [7, 11) is 0. The highest BCUT2D eigenvalue weighted by Gasteiger charge is 2.28. The van der Waals surface area contributed by atoms with Crippen LogP contribution >= 0.6 is 0 Å².